The van der Waals surface area contributed by atoms with E-state index >= 15 is 0 Å². The number of fused-ring (bicyclic) bond motifs is 1. The molecule has 86 valence electrons. The highest BCUT2D eigenvalue weighted by atomic mass is 16.7. The van der Waals surface area contributed by atoms with Crippen LogP contribution in [-0.2, 0) is 6.42 Å². The first kappa shape index (κ1) is 11.0. The number of hydrogen-bond donors (Lipinski definition) is 1. The Balaban J connectivity index is 1.95. The predicted octanol–water partition coefficient (Wildman–Crippen LogP) is 2.25. The van der Waals surface area contributed by atoms with Gasteiger partial charge in [-0.1, -0.05) is 24.3 Å². The number of rotatable bonds is 5. The number of hydrogen-bond acceptors (Lipinski definition) is 3. The van der Waals surface area contributed by atoms with E-state index in [1.807, 2.05) is 12.1 Å². The Hall–Kier alpha value is -1.48. The summed E-state index contributed by atoms with van der Waals surface area (Å²) in [5, 5.41) is 0. The maximum absolute atomic E-state index is 5.50. The van der Waals surface area contributed by atoms with Crippen LogP contribution in [0.25, 0.3) is 0 Å². The third-order valence-corrected chi connectivity index (χ3v) is 2.74. The molecule has 1 aromatic rings. The lowest BCUT2D eigenvalue weighted by atomic mass is 10.0. The van der Waals surface area contributed by atoms with Gasteiger partial charge in [-0.2, -0.15) is 0 Å². The lowest BCUT2D eigenvalue weighted by molar-refractivity contribution is 0.173. The molecule has 2 N–H and O–H groups in total. The quantitative estimate of drug-likeness (QED) is 0.772. The van der Waals surface area contributed by atoms with Crippen molar-refractivity contribution in [3.05, 3.63) is 35.9 Å². The van der Waals surface area contributed by atoms with Crippen LogP contribution in [-0.4, -0.2) is 13.3 Å². The Morgan fingerprint density at radius 1 is 1.38 bits per heavy atom. The van der Waals surface area contributed by atoms with Gasteiger partial charge in [-0.15, -0.1) is 0 Å². The molecule has 0 aromatic heterocycles. The molecule has 0 amide bonds. The summed E-state index contributed by atoms with van der Waals surface area (Å²) in [6.45, 7) is 4.81. The van der Waals surface area contributed by atoms with E-state index in [2.05, 4.69) is 12.6 Å². The summed E-state index contributed by atoms with van der Waals surface area (Å²) in [6, 6.07) is 6.02. The minimum Gasteiger partial charge on any atom is -0.454 e. The smallest absolute Gasteiger partial charge is 0.231 e. The molecule has 0 aliphatic carbocycles. The molecule has 0 spiro atoms. The molecule has 2 rings (SSSR count). The van der Waals surface area contributed by atoms with Crippen molar-refractivity contribution in [2.45, 2.75) is 19.3 Å². The van der Waals surface area contributed by atoms with Crippen molar-refractivity contribution in [1.29, 1.82) is 0 Å². The molecule has 1 aromatic carbocycles. The second-order valence-corrected chi connectivity index (χ2v) is 3.96. The van der Waals surface area contributed by atoms with E-state index in [0.29, 0.717) is 13.3 Å². The van der Waals surface area contributed by atoms with E-state index in [0.717, 1.165) is 36.3 Å². The molecule has 0 bridgehead atoms. The molecule has 0 unspecified atom stereocenters. The fraction of sp³-hybridized carbons (Fsp3) is 0.385. The van der Waals surface area contributed by atoms with Gasteiger partial charge in [-0.05, 0) is 30.9 Å². The predicted molar refractivity (Wildman–Crippen MR) is 63.7 cm³/mol. The van der Waals surface area contributed by atoms with Crippen LogP contribution in [0, 0.1) is 0 Å². The zero-order valence-electron chi connectivity index (χ0n) is 9.37. The minimum absolute atomic E-state index is 0.335. The van der Waals surface area contributed by atoms with Crippen molar-refractivity contribution in [1.82, 2.24) is 0 Å². The van der Waals surface area contributed by atoms with Gasteiger partial charge < -0.3 is 15.2 Å². The zero-order chi connectivity index (χ0) is 11.4. The first-order valence-electron chi connectivity index (χ1n) is 5.55. The fourth-order valence-electron chi connectivity index (χ4n) is 1.82. The van der Waals surface area contributed by atoms with Gasteiger partial charge in [0.15, 0.2) is 11.5 Å². The first-order chi connectivity index (χ1) is 7.81. The SMILES string of the molecule is C=C(CN)CCCc1cccc2c1OCO2. The van der Waals surface area contributed by atoms with Crippen molar-refractivity contribution < 1.29 is 9.47 Å². The molecule has 0 atom stereocenters. The van der Waals surface area contributed by atoms with Gasteiger partial charge in [0.2, 0.25) is 6.79 Å². The molecular formula is C13H17NO2. The van der Waals surface area contributed by atoms with Gasteiger partial charge in [0.05, 0.1) is 0 Å². The van der Waals surface area contributed by atoms with Crippen LogP contribution in [0.2, 0.25) is 0 Å². The molecular weight excluding hydrogens is 202 g/mol. The van der Waals surface area contributed by atoms with Crippen molar-refractivity contribution in [2.75, 3.05) is 13.3 Å². The van der Waals surface area contributed by atoms with Crippen LogP contribution in [0.3, 0.4) is 0 Å². The maximum Gasteiger partial charge on any atom is 0.231 e. The summed E-state index contributed by atoms with van der Waals surface area (Å²) < 4.78 is 10.8. The lowest BCUT2D eigenvalue weighted by Gasteiger charge is -2.06. The van der Waals surface area contributed by atoms with Gasteiger partial charge in [-0.25, -0.2) is 0 Å². The Morgan fingerprint density at radius 2 is 2.25 bits per heavy atom. The number of aryl methyl sites for hydroxylation is 1. The molecule has 3 heteroatoms. The van der Waals surface area contributed by atoms with Crippen molar-refractivity contribution in [3.63, 3.8) is 0 Å². The number of benzene rings is 1. The Bertz CT molecular complexity index is 388. The van der Waals surface area contributed by atoms with Crippen LogP contribution < -0.4 is 15.2 Å². The third kappa shape index (κ3) is 2.36. The molecule has 0 radical (unpaired) electrons. The normalized spacial score (nSPS) is 12.8. The van der Waals surface area contributed by atoms with E-state index in [4.69, 9.17) is 15.2 Å². The minimum atomic E-state index is 0.335. The van der Waals surface area contributed by atoms with Gasteiger partial charge >= 0.3 is 0 Å². The van der Waals surface area contributed by atoms with Gasteiger partial charge in [0.25, 0.3) is 0 Å². The van der Waals surface area contributed by atoms with Crippen LogP contribution in [0.1, 0.15) is 18.4 Å². The number of para-hydroxylation sites is 1. The van der Waals surface area contributed by atoms with E-state index < -0.39 is 0 Å². The average Bonchev–Trinajstić information content (AvgIpc) is 2.77. The van der Waals surface area contributed by atoms with Gasteiger partial charge in [0.1, 0.15) is 0 Å². The summed E-state index contributed by atoms with van der Waals surface area (Å²) in [7, 11) is 0. The highest BCUT2D eigenvalue weighted by molar-refractivity contribution is 5.48. The molecule has 0 saturated carbocycles. The van der Waals surface area contributed by atoms with Crippen molar-refractivity contribution in [2.24, 2.45) is 5.73 Å². The van der Waals surface area contributed by atoms with Crippen LogP contribution in [0.5, 0.6) is 11.5 Å². The molecule has 1 aliphatic heterocycles. The van der Waals surface area contributed by atoms with E-state index in [-0.39, 0.29) is 0 Å². The molecule has 0 saturated heterocycles. The van der Waals surface area contributed by atoms with E-state index in [9.17, 15) is 0 Å². The van der Waals surface area contributed by atoms with E-state index in [1.54, 1.807) is 0 Å². The van der Waals surface area contributed by atoms with Crippen molar-refractivity contribution in [3.8, 4) is 11.5 Å². The van der Waals surface area contributed by atoms with Gasteiger partial charge in [0, 0.05) is 6.54 Å². The van der Waals surface area contributed by atoms with Gasteiger partial charge in [-0.3, -0.25) is 0 Å². The molecule has 3 nitrogen and oxygen atoms in total. The molecule has 0 fully saturated rings. The summed E-state index contributed by atoms with van der Waals surface area (Å²) in [5.74, 6) is 1.76. The summed E-state index contributed by atoms with van der Waals surface area (Å²) in [5.41, 5.74) is 7.81. The maximum atomic E-state index is 5.50. The second kappa shape index (κ2) is 5.03. The summed E-state index contributed by atoms with van der Waals surface area (Å²) in [6.07, 6.45) is 3.00. The average molecular weight is 219 g/mol. The standard InChI is InChI=1S/C13H17NO2/c1-10(8-14)4-2-5-11-6-3-7-12-13(11)16-9-15-12/h3,6-7H,1-2,4-5,8-9,14H2. The zero-order valence-corrected chi connectivity index (χ0v) is 9.37. The van der Waals surface area contributed by atoms with Crippen molar-refractivity contribution >= 4 is 0 Å². The largest absolute Gasteiger partial charge is 0.454 e. The summed E-state index contributed by atoms with van der Waals surface area (Å²) >= 11 is 0. The second-order valence-electron chi connectivity index (χ2n) is 3.96. The topological polar surface area (TPSA) is 44.5 Å². The number of nitrogens with two attached hydrogens (primary N) is 1. The summed E-state index contributed by atoms with van der Waals surface area (Å²) in [4.78, 5) is 0. The first-order valence-corrected chi connectivity index (χ1v) is 5.55. The lowest BCUT2D eigenvalue weighted by Crippen LogP contribution is -2.02. The highest BCUT2D eigenvalue weighted by Crippen LogP contribution is 2.36. The Kier molecular flexibility index (Phi) is 3.47. The fourth-order valence-corrected chi connectivity index (χ4v) is 1.82. The molecule has 16 heavy (non-hydrogen) atoms. The van der Waals surface area contributed by atoms with Crippen LogP contribution in [0.15, 0.2) is 30.4 Å². The Morgan fingerprint density at radius 3 is 3.06 bits per heavy atom. The monoisotopic (exact) mass is 219 g/mol. The van der Waals surface area contributed by atoms with E-state index in [1.165, 1.54) is 5.56 Å². The molecule has 1 heterocycles. The molecule has 1 aliphatic rings. The van der Waals surface area contributed by atoms with Crippen LogP contribution in [0.4, 0.5) is 0 Å². The highest BCUT2D eigenvalue weighted by Gasteiger charge is 2.16. The van der Waals surface area contributed by atoms with Crippen LogP contribution >= 0.6 is 0 Å². The Labute approximate surface area is 95.9 Å². The number of ether oxygens (including phenoxy) is 2. The third-order valence-electron chi connectivity index (χ3n) is 2.74.